The molecule has 0 aromatic carbocycles. The Labute approximate surface area is 107 Å². The summed E-state index contributed by atoms with van der Waals surface area (Å²) in [4.78, 5) is 12.2. The van der Waals surface area contributed by atoms with Crippen molar-refractivity contribution in [3.05, 3.63) is 0 Å². The summed E-state index contributed by atoms with van der Waals surface area (Å²) in [5.41, 5.74) is 0. The van der Waals surface area contributed by atoms with E-state index in [0.29, 0.717) is 11.2 Å². The van der Waals surface area contributed by atoms with E-state index in [-0.39, 0.29) is 11.9 Å². The molecule has 4 atom stereocenters. The normalized spacial score (nSPS) is 40.5. The topological polar surface area (TPSA) is 41.1 Å². The van der Waals surface area contributed by atoms with Crippen LogP contribution in [-0.2, 0) is 4.79 Å². The number of rotatable bonds is 3. The zero-order valence-electron chi connectivity index (χ0n) is 10.3. The van der Waals surface area contributed by atoms with E-state index >= 15 is 0 Å². The number of fused-ring (bicyclic) bond motifs is 1. The van der Waals surface area contributed by atoms with Gasteiger partial charge in [-0.05, 0) is 49.8 Å². The van der Waals surface area contributed by atoms with Gasteiger partial charge in [0.25, 0.3) is 0 Å². The molecule has 1 aliphatic carbocycles. The third kappa shape index (κ3) is 2.48. The molecular formula is C13H22N2OS. The average molecular weight is 254 g/mol. The van der Waals surface area contributed by atoms with Crippen LogP contribution in [0, 0.1) is 11.8 Å². The Balaban J connectivity index is 1.48. The molecule has 4 unspecified atom stereocenters. The van der Waals surface area contributed by atoms with Crippen molar-refractivity contribution in [3.63, 3.8) is 0 Å². The molecule has 4 heteroatoms. The van der Waals surface area contributed by atoms with Crippen LogP contribution in [0.15, 0.2) is 0 Å². The highest BCUT2D eigenvalue weighted by Crippen LogP contribution is 2.37. The standard InChI is InChI=1S/C13H22N2OS/c16-13(15-8-10-4-2-6-17-10)12-11-5-1-3-9(11)7-14-12/h9-12,14H,1-8H2,(H,15,16). The third-order valence-electron chi connectivity index (χ3n) is 4.56. The third-order valence-corrected chi connectivity index (χ3v) is 5.95. The largest absolute Gasteiger partial charge is 0.354 e. The minimum absolute atomic E-state index is 0.105. The Hall–Kier alpha value is -0.220. The van der Waals surface area contributed by atoms with Gasteiger partial charge in [-0.3, -0.25) is 4.79 Å². The van der Waals surface area contributed by atoms with Crippen LogP contribution in [-0.4, -0.2) is 36.0 Å². The number of amides is 1. The minimum atomic E-state index is 0.105. The summed E-state index contributed by atoms with van der Waals surface area (Å²) in [6, 6.07) is 0.105. The maximum Gasteiger partial charge on any atom is 0.237 e. The van der Waals surface area contributed by atoms with E-state index in [1.807, 2.05) is 11.8 Å². The first-order chi connectivity index (χ1) is 8.34. The SMILES string of the molecule is O=C(NCC1CCCS1)C1NCC2CCCC21. The smallest absolute Gasteiger partial charge is 0.237 e. The van der Waals surface area contributed by atoms with E-state index in [2.05, 4.69) is 10.6 Å². The molecular weight excluding hydrogens is 232 g/mol. The molecule has 1 saturated carbocycles. The van der Waals surface area contributed by atoms with Gasteiger partial charge >= 0.3 is 0 Å². The number of thioether (sulfide) groups is 1. The molecule has 2 saturated heterocycles. The van der Waals surface area contributed by atoms with Crippen molar-refractivity contribution in [2.24, 2.45) is 11.8 Å². The van der Waals surface area contributed by atoms with Crippen molar-refractivity contribution >= 4 is 17.7 Å². The van der Waals surface area contributed by atoms with Gasteiger partial charge < -0.3 is 10.6 Å². The van der Waals surface area contributed by atoms with Gasteiger partial charge in [0.1, 0.15) is 0 Å². The van der Waals surface area contributed by atoms with Crippen molar-refractivity contribution in [2.75, 3.05) is 18.8 Å². The predicted octanol–water partition coefficient (Wildman–Crippen LogP) is 1.39. The first-order valence-corrected chi connectivity index (χ1v) is 8.02. The first kappa shape index (κ1) is 11.8. The lowest BCUT2D eigenvalue weighted by Crippen LogP contribution is -2.45. The molecule has 0 spiro atoms. The molecule has 3 rings (SSSR count). The Morgan fingerprint density at radius 3 is 3.06 bits per heavy atom. The van der Waals surface area contributed by atoms with Crippen LogP contribution in [0.3, 0.4) is 0 Å². The number of carbonyl (C=O) groups excluding carboxylic acids is 1. The highest BCUT2D eigenvalue weighted by molar-refractivity contribution is 8.00. The summed E-state index contributed by atoms with van der Waals surface area (Å²) in [6.07, 6.45) is 6.47. The molecule has 2 heterocycles. The Bertz CT molecular complexity index is 291. The molecule has 0 aromatic heterocycles. The van der Waals surface area contributed by atoms with Gasteiger partial charge in [0.05, 0.1) is 6.04 Å². The lowest BCUT2D eigenvalue weighted by molar-refractivity contribution is -0.123. The van der Waals surface area contributed by atoms with Gasteiger partial charge in [-0.1, -0.05) is 6.42 Å². The maximum atomic E-state index is 12.2. The van der Waals surface area contributed by atoms with E-state index in [0.717, 1.165) is 19.0 Å². The summed E-state index contributed by atoms with van der Waals surface area (Å²) in [6.45, 7) is 1.93. The summed E-state index contributed by atoms with van der Waals surface area (Å²) in [7, 11) is 0. The molecule has 0 bridgehead atoms. The molecule has 2 N–H and O–H groups in total. The van der Waals surface area contributed by atoms with Gasteiger partial charge in [-0.25, -0.2) is 0 Å². The van der Waals surface area contributed by atoms with Crippen LogP contribution in [0.2, 0.25) is 0 Å². The number of hydrogen-bond acceptors (Lipinski definition) is 3. The second-order valence-electron chi connectivity index (χ2n) is 5.62. The Kier molecular flexibility index (Phi) is 3.61. The van der Waals surface area contributed by atoms with Crippen LogP contribution in [0.1, 0.15) is 32.1 Å². The van der Waals surface area contributed by atoms with Gasteiger partial charge in [0, 0.05) is 11.8 Å². The second-order valence-corrected chi connectivity index (χ2v) is 7.03. The zero-order chi connectivity index (χ0) is 11.7. The Morgan fingerprint density at radius 2 is 2.24 bits per heavy atom. The van der Waals surface area contributed by atoms with Crippen molar-refractivity contribution in [3.8, 4) is 0 Å². The lowest BCUT2D eigenvalue weighted by Gasteiger charge is -2.19. The predicted molar refractivity (Wildman–Crippen MR) is 71.1 cm³/mol. The van der Waals surface area contributed by atoms with E-state index in [1.54, 1.807) is 0 Å². The van der Waals surface area contributed by atoms with Crippen molar-refractivity contribution in [1.82, 2.24) is 10.6 Å². The molecule has 2 aliphatic heterocycles. The molecule has 17 heavy (non-hydrogen) atoms. The molecule has 1 amide bonds. The fourth-order valence-corrected chi connectivity index (χ4v) is 4.81. The number of hydrogen-bond donors (Lipinski definition) is 2. The molecule has 3 aliphatic rings. The van der Waals surface area contributed by atoms with E-state index in [1.165, 1.54) is 37.9 Å². The van der Waals surface area contributed by atoms with Gasteiger partial charge in [-0.2, -0.15) is 11.8 Å². The maximum absolute atomic E-state index is 12.2. The van der Waals surface area contributed by atoms with Crippen molar-refractivity contribution < 1.29 is 4.79 Å². The first-order valence-electron chi connectivity index (χ1n) is 6.97. The molecule has 96 valence electrons. The summed E-state index contributed by atoms with van der Waals surface area (Å²) in [5.74, 6) is 2.91. The van der Waals surface area contributed by atoms with Crippen LogP contribution in [0.4, 0.5) is 0 Å². The monoisotopic (exact) mass is 254 g/mol. The Morgan fingerprint density at radius 1 is 1.29 bits per heavy atom. The highest BCUT2D eigenvalue weighted by atomic mass is 32.2. The van der Waals surface area contributed by atoms with Crippen LogP contribution < -0.4 is 10.6 Å². The quantitative estimate of drug-likeness (QED) is 0.799. The highest BCUT2D eigenvalue weighted by Gasteiger charge is 2.42. The van der Waals surface area contributed by atoms with E-state index in [4.69, 9.17) is 0 Å². The van der Waals surface area contributed by atoms with Gasteiger partial charge in [0.15, 0.2) is 0 Å². The number of carbonyl (C=O) groups is 1. The van der Waals surface area contributed by atoms with Crippen LogP contribution in [0.25, 0.3) is 0 Å². The van der Waals surface area contributed by atoms with E-state index < -0.39 is 0 Å². The molecule has 3 nitrogen and oxygen atoms in total. The fraction of sp³-hybridized carbons (Fsp3) is 0.923. The van der Waals surface area contributed by atoms with Crippen LogP contribution in [0.5, 0.6) is 0 Å². The lowest BCUT2D eigenvalue weighted by atomic mass is 9.93. The van der Waals surface area contributed by atoms with E-state index in [9.17, 15) is 4.79 Å². The molecule has 0 radical (unpaired) electrons. The van der Waals surface area contributed by atoms with Crippen molar-refractivity contribution in [2.45, 2.75) is 43.4 Å². The fourth-order valence-electron chi connectivity index (χ4n) is 3.60. The van der Waals surface area contributed by atoms with Crippen LogP contribution >= 0.6 is 11.8 Å². The summed E-state index contributed by atoms with van der Waals surface area (Å²) >= 11 is 2.01. The molecule has 3 fully saturated rings. The number of nitrogens with one attached hydrogen (secondary N) is 2. The zero-order valence-corrected chi connectivity index (χ0v) is 11.1. The van der Waals surface area contributed by atoms with Gasteiger partial charge in [0.2, 0.25) is 5.91 Å². The summed E-state index contributed by atoms with van der Waals surface area (Å²) in [5, 5.41) is 7.24. The second kappa shape index (κ2) is 5.19. The average Bonchev–Trinajstić information content (AvgIpc) is 3.02. The van der Waals surface area contributed by atoms with Crippen molar-refractivity contribution in [1.29, 1.82) is 0 Å². The summed E-state index contributed by atoms with van der Waals surface area (Å²) < 4.78 is 0. The minimum Gasteiger partial charge on any atom is -0.354 e. The molecule has 0 aromatic rings. The van der Waals surface area contributed by atoms with Gasteiger partial charge in [-0.15, -0.1) is 0 Å².